The van der Waals surface area contributed by atoms with E-state index < -0.39 is 16.3 Å². The van der Waals surface area contributed by atoms with Crippen molar-refractivity contribution < 1.29 is 26.7 Å². The van der Waals surface area contributed by atoms with Crippen molar-refractivity contribution in [1.82, 2.24) is 0 Å². The topological polar surface area (TPSA) is 124 Å². The molecule has 3 N–H and O–H groups in total. The normalized spacial score (nSPS) is 11.5. The van der Waals surface area contributed by atoms with Crippen LogP contribution >= 0.6 is 0 Å². The molecule has 258 valence electrons. The summed E-state index contributed by atoms with van der Waals surface area (Å²) in [5.41, 5.74) is 5.82. The lowest BCUT2D eigenvalue weighted by Gasteiger charge is -2.12. The lowest BCUT2D eigenvalue weighted by atomic mass is 9.91. The third-order valence-electron chi connectivity index (χ3n) is 8.28. The van der Waals surface area contributed by atoms with Gasteiger partial charge in [-0.25, -0.2) is 0 Å². The summed E-state index contributed by atoms with van der Waals surface area (Å²) in [5, 5.41) is 0. The Labute approximate surface area is 267 Å². The minimum absolute atomic E-state index is 0.0882. The van der Waals surface area contributed by atoms with E-state index >= 15 is 0 Å². The molecule has 0 heterocycles. The average molecular weight is 634 g/mol. The van der Waals surface area contributed by atoms with Gasteiger partial charge in [0.1, 0.15) is 11.6 Å². The summed E-state index contributed by atoms with van der Waals surface area (Å²) in [6, 6.07) is 0. The molecular formula is C35H71NO6S. The van der Waals surface area contributed by atoms with Crippen LogP contribution < -0.4 is 5.73 Å². The molecule has 0 atom stereocenters. The average Bonchev–Trinajstić information content (AvgIpc) is 2.98. The second-order valence-corrected chi connectivity index (χ2v) is 13.5. The van der Waals surface area contributed by atoms with E-state index in [2.05, 4.69) is 18.0 Å². The van der Waals surface area contributed by atoms with Crippen LogP contribution in [-0.4, -0.2) is 38.2 Å². The van der Waals surface area contributed by atoms with Crippen LogP contribution in [0.4, 0.5) is 0 Å². The molecule has 0 amide bonds. The van der Waals surface area contributed by atoms with Gasteiger partial charge < -0.3 is 5.73 Å². The predicted octanol–water partition coefficient (Wildman–Crippen LogP) is 10.1. The number of unbranched alkanes of at least 4 members (excludes halogenated alkanes) is 24. The first kappa shape index (κ1) is 44.3. The third-order valence-corrected chi connectivity index (χ3v) is 8.70. The molecule has 0 aromatic carbocycles. The lowest BCUT2D eigenvalue weighted by Crippen LogP contribution is -2.31. The van der Waals surface area contributed by atoms with Crippen molar-refractivity contribution in [3.63, 3.8) is 0 Å². The molecule has 0 aliphatic rings. The maximum atomic E-state index is 12.6. The van der Waals surface area contributed by atoms with E-state index in [1.54, 1.807) is 0 Å². The molecule has 0 aromatic heterocycles. The molecule has 7 nitrogen and oxygen atoms in total. The van der Waals surface area contributed by atoms with Crippen LogP contribution in [0.15, 0.2) is 0 Å². The van der Waals surface area contributed by atoms with Gasteiger partial charge in [0.05, 0.1) is 13.0 Å². The van der Waals surface area contributed by atoms with Crippen molar-refractivity contribution in [2.45, 2.75) is 194 Å². The van der Waals surface area contributed by atoms with Crippen molar-refractivity contribution in [3.8, 4) is 0 Å². The molecule has 0 saturated carbocycles. The summed E-state index contributed by atoms with van der Waals surface area (Å²) >= 11 is 0. The summed E-state index contributed by atoms with van der Waals surface area (Å²) in [7, 11) is -3.29. The summed E-state index contributed by atoms with van der Waals surface area (Å²) in [6.07, 6.45) is 34.9. The van der Waals surface area contributed by atoms with Crippen LogP contribution in [0.2, 0.25) is 0 Å². The highest BCUT2D eigenvalue weighted by Gasteiger charge is 2.23. The van der Waals surface area contributed by atoms with Gasteiger partial charge in [0.2, 0.25) is 0 Å². The van der Waals surface area contributed by atoms with Crippen molar-refractivity contribution in [2.24, 2.45) is 11.7 Å². The van der Waals surface area contributed by atoms with Crippen LogP contribution in [0.25, 0.3) is 0 Å². The Kier molecular flexibility index (Phi) is 35.1. The number of rotatable bonds is 32. The fraction of sp³-hybridized carbons (Fsp3) is 0.943. The van der Waals surface area contributed by atoms with Gasteiger partial charge in [0.15, 0.2) is 0 Å². The molecule has 8 heteroatoms. The highest BCUT2D eigenvalue weighted by molar-refractivity contribution is 7.80. The van der Waals surface area contributed by atoms with Gasteiger partial charge in [-0.15, -0.1) is 0 Å². The smallest absolute Gasteiger partial charge is 0.329 e. The van der Waals surface area contributed by atoms with Crippen LogP contribution in [0.1, 0.15) is 194 Å². The first-order valence-corrected chi connectivity index (χ1v) is 19.4. The van der Waals surface area contributed by atoms with Crippen molar-refractivity contribution in [1.29, 1.82) is 0 Å². The highest BCUT2D eigenvalue weighted by Crippen LogP contribution is 2.16. The molecule has 0 bridgehead atoms. The fourth-order valence-electron chi connectivity index (χ4n) is 5.42. The van der Waals surface area contributed by atoms with E-state index in [1.165, 1.54) is 141 Å². The van der Waals surface area contributed by atoms with Gasteiger partial charge in [0, 0.05) is 19.4 Å². The number of hydrogen-bond acceptors (Lipinski definition) is 6. The van der Waals surface area contributed by atoms with E-state index in [-0.39, 0.29) is 18.1 Å². The monoisotopic (exact) mass is 634 g/mol. The Morgan fingerprint density at radius 3 is 0.930 bits per heavy atom. The summed E-state index contributed by atoms with van der Waals surface area (Å²) in [4.78, 5) is 25.1. The Morgan fingerprint density at radius 2 is 0.744 bits per heavy atom. The number of ketones is 2. The Hall–Kier alpha value is -0.830. The fourth-order valence-corrected chi connectivity index (χ4v) is 5.42. The molecule has 0 fully saturated rings. The van der Waals surface area contributed by atoms with Crippen molar-refractivity contribution in [2.75, 3.05) is 13.7 Å². The quantitative estimate of drug-likeness (QED) is 0.0429. The van der Waals surface area contributed by atoms with Gasteiger partial charge in [-0.3, -0.25) is 18.3 Å². The second kappa shape index (κ2) is 34.1. The lowest BCUT2D eigenvalue weighted by molar-refractivity contribution is -0.132. The van der Waals surface area contributed by atoms with Crippen molar-refractivity contribution >= 4 is 22.0 Å². The first-order valence-electron chi connectivity index (χ1n) is 18.0. The van der Waals surface area contributed by atoms with Gasteiger partial charge in [-0.1, -0.05) is 168 Å². The van der Waals surface area contributed by atoms with Crippen LogP contribution in [-0.2, 0) is 24.2 Å². The Morgan fingerprint density at radius 1 is 0.535 bits per heavy atom. The van der Waals surface area contributed by atoms with Gasteiger partial charge in [-0.05, 0) is 12.8 Å². The second-order valence-electron chi connectivity index (χ2n) is 12.3. The molecule has 0 aliphatic carbocycles. The number of carbonyl (C=O) groups is 2. The minimum Gasteiger partial charge on any atom is -0.329 e. The molecular weight excluding hydrogens is 562 g/mol. The van der Waals surface area contributed by atoms with E-state index in [0.29, 0.717) is 12.8 Å². The summed E-state index contributed by atoms with van der Waals surface area (Å²) in [5.74, 6) is -0.370. The van der Waals surface area contributed by atoms with Crippen LogP contribution in [0.5, 0.6) is 0 Å². The highest BCUT2D eigenvalue weighted by atomic mass is 32.3. The number of nitrogens with two attached hydrogens (primary N) is 1. The molecule has 0 aliphatic heterocycles. The Bertz CT molecular complexity index is 671. The number of hydrogen-bond donors (Lipinski definition) is 2. The van der Waals surface area contributed by atoms with E-state index in [4.69, 9.17) is 10.3 Å². The molecule has 0 spiro atoms. The molecule has 0 rings (SSSR count). The van der Waals surface area contributed by atoms with E-state index in [1.807, 2.05) is 0 Å². The molecule has 0 saturated heterocycles. The molecule has 0 unspecified atom stereocenters. The van der Waals surface area contributed by atoms with Gasteiger partial charge >= 0.3 is 10.4 Å². The molecule has 43 heavy (non-hydrogen) atoms. The number of carbonyl (C=O) groups excluding carboxylic acids is 2. The van der Waals surface area contributed by atoms with E-state index in [0.717, 1.165) is 32.8 Å². The Balaban J connectivity index is 0. The van der Waals surface area contributed by atoms with Gasteiger partial charge in [-0.2, -0.15) is 8.42 Å². The zero-order valence-electron chi connectivity index (χ0n) is 28.6. The van der Waals surface area contributed by atoms with Crippen LogP contribution in [0, 0.1) is 5.92 Å². The van der Waals surface area contributed by atoms with Crippen LogP contribution in [0.3, 0.4) is 0 Å². The SMILES string of the molecule is CCCCCCCCCCCCCCCC(=O)C(CN)C(=O)CCCCCCCCCCCCCCC.COS(=O)(=O)O. The number of Topliss-reactive ketones (excluding diaryl/α,β-unsaturated/α-hetero) is 2. The predicted molar refractivity (Wildman–Crippen MR) is 182 cm³/mol. The van der Waals surface area contributed by atoms with Crippen molar-refractivity contribution in [3.05, 3.63) is 0 Å². The zero-order chi connectivity index (χ0) is 32.4. The molecule has 0 aromatic rings. The summed E-state index contributed by atoms with van der Waals surface area (Å²) < 4.78 is 29.7. The largest absolute Gasteiger partial charge is 0.397 e. The maximum Gasteiger partial charge on any atom is 0.397 e. The zero-order valence-corrected chi connectivity index (χ0v) is 29.4. The van der Waals surface area contributed by atoms with E-state index in [9.17, 15) is 18.0 Å². The standard InChI is InChI=1S/C34H67NO2.CH4O4S/c1-3-5-7-9-11-13-15-17-19-21-23-25-27-29-33(36)32(31-35)34(37)30-28-26-24-22-20-18-16-14-12-10-8-6-4-2;1-5-6(2,3)4/h32H,3-31,35H2,1-2H3;1H3,(H,2,3,4). The molecule has 0 radical (unpaired) electrons. The maximum absolute atomic E-state index is 12.6. The summed E-state index contributed by atoms with van der Waals surface area (Å²) in [6.45, 7) is 4.73. The first-order chi connectivity index (χ1) is 20.7. The third kappa shape index (κ3) is 35.5. The minimum atomic E-state index is -4.16. The van der Waals surface area contributed by atoms with Gasteiger partial charge in [0.25, 0.3) is 0 Å².